The number of nitrogens with zero attached hydrogens (tertiary/aromatic N) is 1. The number of nitrogens with one attached hydrogen (secondary N) is 1. The number of Topliss-reactive ketones (excluding diaryl/α,β-unsaturated/α-hetero) is 1. The van der Waals surface area contributed by atoms with Gasteiger partial charge in [-0.2, -0.15) is 0 Å². The van der Waals surface area contributed by atoms with Gasteiger partial charge in [-0.15, -0.1) is 0 Å². The molecule has 0 unspecified atom stereocenters. The summed E-state index contributed by atoms with van der Waals surface area (Å²) >= 11 is 0. The number of allylic oxidation sites excluding steroid dienone is 1. The Labute approximate surface area is 112 Å². The third-order valence-electron chi connectivity index (χ3n) is 3.66. The number of hydrogen-bond donors (Lipinski definition) is 1. The minimum Gasteiger partial charge on any atom is -0.369 e. The van der Waals surface area contributed by atoms with Crippen molar-refractivity contribution in [2.75, 3.05) is 13.1 Å². The zero-order chi connectivity index (χ0) is 13.4. The monoisotopic (exact) mass is 256 g/mol. The molecule has 19 heavy (non-hydrogen) atoms. The van der Waals surface area contributed by atoms with Crippen molar-refractivity contribution >= 4 is 11.7 Å². The van der Waals surface area contributed by atoms with E-state index in [0.717, 1.165) is 23.5 Å². The van der Waals surface area contributed by atoms with Crippen LogP contribution in [0.25, 0.3) is 0 Å². The summed E-state index contributed by atoms with van der Waals surface area (Å²) in [6.45, 7) is 3.39. The number of carbonyl (C=O) groups is 2. The van der Waals surface area contributed by atoms with Gasteiger partial charge in [0.25, 0.3) is 0 Å². The summed E-state index contributed by atoms with van der Waals surface area (Å²) in [5.74, 6) is 0.865. The maximum Gasteiger partial charge on any atom is 0.228 e. The standard InChI is InChI=1S/C15H16N2O2/c1-10-2-4-11(5-3-10)14(19)12-6-7-13(18)17-9-8-16-15(12)17/h2-5,16H,6-9H2,1H3. The van der Waals surface area contributed by atoms with Gasteiger partial charge in [0.2, 0.25) is 5.91 Å². The van der Waals surface area contributed by atoms with E-state index in [4.69, 9.17) is 0 Å². The molecule has 0 spiro atoms. The molecule has 4 heteroatoms. The summed E-state index contributed by atoms with van der Waals surface area (Å²) in [7, 11) is 0. The predicted molar refractivity (Wildman–Crippen MR) is 71.5 cm³/mol. The molecule has 1 N–H and O–H groups in total. The van der Waals surface area contributed by atoms with Gasteiger partial charge in [-0.3, -0.25) is 14.5 Å². The third-order valence-corrected chi connectivity index (χ3v) is 3.66. The Kier molecular flexibility index (Phi) is 2.85. The van der Waals surface area contributed by atoms with Gasteiger partial charge in [0.1, 0.15) is 5.82 Å². The number of ketones is 1. The van der Waals surface area contributed by atoms with E-state index in [0.29, 0.717) is 24.9 Å². The van der Waals surface area contributed by atoms with Gasteiger partial charge in [0.15, 0.2) is 5.78 Å². The fraction of sp³-hybridized carbons (Fsp3) is 0.333. The Morgan fingerprint density at radius 3 is 2.68 bits per heavy atom. The van der Waals surface area contributed by atoms with Crippen molar-refractivity contribution in [1.29, 1.82) is 0 Å². The fourth-order valence-electron chi connectivity index (χ4n) is 2.60. The van der Waals surface area contributed by atoms with Gasteiger partial charge < -0.3 is 5.32 Å². The molecule has 2 heterocycles. The van der Waals surface area contributed by atoms with Crippen LogP contribution in [0.3, 0.4) is 0 Å². The van der Waals surface area contributed by atoms with Crippen LogP contribution in [0, 0.1) is 6.92 Å². The average Bonchev–Trinajstić information content (AvgIpc) is 2.89. The van der Waals surface area contributed by atoms with Crippen LogP contribution in [-0.4, -0.2) is 29.7 Å². The summed E-state index contributed by atoms with van der Waals surface area (Å²) in [5.41, 5.74) is 2.56. The fourth-order valence-corrected chi connectivity index (χ4v) is 2.60. The summed E-state index contributed by atoms with van der Waals surface area (Å²) < 4.78 is 0. The Morgan fingerprint density at radius 1 is 1.21 bits per heavy atom. The molecule has 0 saturated carbocycles. The smallest absolute Gasteiger partial charge is 0.228 e. The van der Waals surface area contributed by atoms with Crippen molar-refractivity contribution in [2.45, 2.75) is 19.8 Å². The molecule has 2 aliphatic heterocycles. The minimum atomic E-state index is 0.0295. The largest absolute Gasteiger partial charge is 0.369 e. The van der Waals surface area contributed by atoms with E-state index in [1.54, 1.807) is 4.90 Å². The van der Waals surface area contributed by atoms with E-state index in [1.165, 1.54) is 0 Å². The van der Waals surface area contributed by atoms with Gasteiger partial charge in [-0.1, -0.05) is 29.8 Å². The van der Waals surface area contributed by atoms with Gasteiger partial charge in [-0.05, 0) is 13.3 Å². The lowest BCUT2D eigenvalue weighted by molar-refractivity contribution is -0.129. The molecule has 0 aliphatic carbocycles. The number of hydrogen-bond acceptors (Lipinski definition) is 3. The molecule has 1 aromatic carbocycles. The zero-order valence-electron chi connectivity index (χ0n) is 10.9. The van der Waals surface area contributed by atoms with Crippen LogP contribution >= 0.6 is 0 Å². The minimum absolute atomic E-state index is 0.0295. The number of fused-ring (bicyclic) bond motifs is 1. The van der Waals surface area contributed by atoms with Gasteiger partial charge in [0, 0.05) is 30.6 Å². The van der Waals surface area contributed by atoms with Crippen LogP contribution in [0.1, 0.15) is 28.8 Å². The van der Waals surface area contributed by atoms with E-state index in [1.807, 2.05) is 31.2 Å². The summed E-state index contributed by atoms with van der Waals surface area (Å²) in [4.78, 5) is 26.0. The third kappa shape index (κ3) is 2.03. The second kappa shape index (κ2) is 4.53. The first-order chi connectivity index (χ1) is 9.16. The lowest BCUT2D eigenvalue weighted by Gasteiger charge is -2.25. The van der Waals surface area contributed by atoms with Crippen LogP contribution in [-0.2, 0) is 4.79 Å². The quantitative estimate of drug-likeness (QED) is 0.818. The molecule has 0 aromatic heterocycles. The topological polar surface area (TPSA) is 49.4 Å². The van der Waals surface area contributed by atoms with Crippen molar-refractivity contribution in [3.8, 4) is 0 Å². The second-order valence-corrected chi connectivity index (χ2v) is 4.99. The first-order valence-corrected chi connectivity index (χ1v) is 6.55. The van der Waals surface area contributed by atoms with Crippen LogP contribution in [0.2, 0.25) is 0 Å². The summed E-state index contributed by atoms with van der Waals surface area (Å²) in [5, 5.41) is 3.16. The van der Waals surface area contributed by atoms with Crippen LogP contribution in [0.4, 0.5) is 0 Å². The van der Waals surface area contributed by atoms with Gasteiger partial charge in [-0.25, -0.2) is 0 Å². The molecular weight excluding hydrogens is 240 g/mol. The Bertz CT molecular complexity index is 572. The van der Waals surface area contributed by atoms with E-state index in [2.05, 4.69) is 5.32 Å². The van der Waals surface area contributed by atoms with E-state index in [9.17, 15) is 9.59 Å². The summed E-state index contributed by atoms with van der Waals surface area (Å²) in [6.07, 6.45) is 0.961. The number of benzene rings is 1. The maximum absolute atomic E-state index is 12.5. The number of carbonyl (C=O) groups excluding carboxylic acids is 2. The number of amides is 1. The van der Waals surface area contributed by atoms with Crippen molar-refractivity contribution in [3.05, 3.63) is 46.8 Å². The molecule has 0 atom stereocenters. The number of rotatable bonds is 2. The average molecular weight is 256 g/mol. The Morgan fingerprint density at radius 2 is 1.95 bits per heavy atom. The number of aryl methyl sites for hydroxylation is 1. The SMILES string of the molecule is Cc1ccc(C(=O)C2=C3NCCN3C(=O)CC2)cc1. The molecule has 1 fully saturated rings. The molecule has 3 rings (SSSR count). The maximum atomic E-state index is 12.5. The van der Waals surface area contributed by atoms with Crippen molar-refractivity contribution in [3.63, 3.8) is 0 Å². The van der Waals surface area contributed by atoms with Crippen molar-refractivity contribution < 1.29 is 9.59 Å². The molecular formula is C15H16N2O2. The molecule has 1 aromatic rings. The molecule has 0 radical (unpaired) electrons. The van der Waals surface area contributed by atoms with Crippen molar-refractivity contribution in [1.82, 2.24) is 10.2 Å². The lowest BCUT2D eigenvalue weighted by Crippen LogP contribution is -2.34. The lowest BCUT2D eigenvalue weighted by atomic mass is 9.96. The van der Waals surface area contributed by atoms with Gasteiger partial charge in [0.05, 0.1) is 0 Å². The Hall–Kier alpha value is -2.10. The molecule has 1 saturated heterocycles. The van der Waals surface area contributed by atoms with Gasteiger partial charge >= 0.3 is 0 Å². The first-order valence-electron chi connectivity index (χ1n) is 6.55. The van der Waals surface area contributed by atoms with E-state index >= 15 is 0 Å². The van der Waals surface area contributed by atoms with Crippen LogP contribution in [0.15, 0.2) is 35.7 Å². The molecule has 4 nitrogen and oxygen atoms in total. The first kappa shape index (κ1) is 12.0. The highest BCUT2D eigenvalue weighted by atomic mass is 16.2. The van der Waals surface area contributed by atoms with Crippen molar-refractivity contribution in [2.24, 2.45) is 0 Å². The predicted octanol–water partition coefficient (Wildman–Crippen LogP) is 1.61. The molecule has 98 valence electrons. The zero-order valence-corrected chi connectivity index (χ0v) is 10.9. The highest BCUT2D eigenvalue weighted by Gasteiger charge is 2.33. The summed E-state index contributed by atoms with van der Waals surface area (Å²) in [6, 6.07) is 7.57. The van der Waals surface area contributed by atoms with E-state index < -0.39 is 0 Å². The molecule has 2 aliphatic rings. The molecule has 0 bridgehead atoms. The van der Waals surface area contributed by atoms with Crippen LogP contribution in [0.5, 0.6) is 0 Å². The highest BCUT2D eigenvalue weighted by Crippen LogP contribution is 2.26. The Balaban J connectivity index is 1.97. The highest BCUT2D eigenvalue weighted by molar-refractivity contribution is 6.10. The van der Waals surface area contributed by atoms with E-state index in [-0.39, 0.29) is 11.7 Å². The normalized spacial score (nSPS) is 18.4. The van der Waals surface area contributed by atoms with Crippen LogP contribution < -0.4 is 5.32 Å². The second-order valence-electron chi connectivity index (χ2n) is 4.99. The molecule has 1 amide bonds.